The summed E-state index contributed by atoms with van der Waals surface area (Å²) in [6, 6.07) is 7.02. The van der Waals surface area contributed by atoms with Gasteiger partial charge in [-0.2, -0.15) is 0 Å². The van der Waals surface area contributed by atoms with E-state index in [-0.39, 0.29) is 0 Å². The number of hydrogen-bond donors (Lipinski definition) is 0. The predicted molar refractivity (Wildman–Crippen MR) is 84.5 cm³/mol. The van der Waals surface area contributed by atoms with Crippen molar-refractivity contribution in [1.29, 1.82) is 0 Å². The van der Waals surface area contributed by atoms with Crippen molar-refractivity contribution >= 4 is 0 Å². The molecule has 1 aromatic rings. The Morgan fingerprint density at radius 2 is 1.74 bits per heavy atom. The van der Waals surface area contributed by atoms with Gasteiger partial charge in [0.15, 0.2) is 0 Å². The normalized spacial score (nSPS) is 35.4. The standard InChI is InChI=1S/C19H30/c1-13-7-8-18(10-15(13)3)12-19(6)11-16(4)14(2)9-17(19)5/h7-8,10,14,16-17H,9,11-12H2,1-6H3. The Hall–Kier alpha value is -0.780. The van der Waals surface area contributed by atoms with Crippen molar-refractivity contribution in [2.24, 2.45) is 23.2 Å². The second kappa shape index (κ2) is 5.31. The van der Waals surface area contributed by atoms with Gasteiger partial charge in [-0.3, -0.25) is 0 Å². The molecular formula is C19H30. The summed E-state index contributed by atoms with van der Waals surface area (Å²) in [5, 5.41) is 0. The summed E-state index contributed by atoms with van der Waals surface area (Å²) in [5.41, 5.74) is 4.85. The molecule has 1 fully saturated rings. The lowest BCUT2D eigenvalue weighted by molar-refractivity contribution is 0.0567. The van der Waals surface area contributed by atoms with Crippen molar-refractivity contribution in [3.63, 3.8) is 0 Å². The average molecular weight is 258 g/mol. The summed E-state index contributed by atoms with van der Waals surface area (Å²) in [4.78, 5) is 0. The molecule has 0 aromatic heterocycles. The van der Waals surface area contributed by atoms with Crippen LogP contribution in [-0.2, 0) is 6.42 Å². The number of aryl methyl sites for hydroxylation is 2. The highest BCUT2D eigenvalue weighted by atomic mass is 14.4. The van der Waals surface area contributed by atoms with Gasteiger partial charge in [-0.15, -0.1) is 0 Å². The largest absolute Gasteiger partial charge is 0.0622 e. The molecule has 0 amide bonds. The van der Waals surface area contributed by atoms with Crippen LogP contribution in [0, 0.1) is 37.0 Å². The van der Waals surface area contributed by atoms with Gasteiger partial charge in [-0.25, -0.2) is 0 Å². The molecule has 1 aliphatic rings. The molecule has 0 bridgehead atoms. The van der Waals surface area contributed by atoms with Gasteiger partial charge in [0.1, 0.15) is 0 Å². The molecule has 4 atom stereocenters. The van der Waals surface area contributed by atoms with Crippen LogP contribution in [0.15, 0.2) is 18.2 Å². The zero-order valence-corrected chi connectivity index (χ0v) is 13.6. The number of rotatable bonds is 2. The van der Waals surface area contributed by atoms with Crippen molar-refractivity contribution in [2.75, 3.05) is 0 Å². The minimum Gasteiger partial charge on any atom is -0.0622 e. The molecule has 1 saturated carbocycles. The van der Waals surface area contributed by atoms with E-state index in [4.69, 9.17) is 0 Å². The van der Waals surface area contributed by atoms with Crippen LogP contribution >= 0.6 is 0 Å². The lowest BCUT2D eigenvalue weighted by atomic mass is 9.59. The van der Waals surface area contributed by atoms with Crippen LogP contribution in [0.4, 0.5) is 0 Å². The highest BCUT2D eigenvalue weighted by Crippen LogP contribution is 2.47. The van der Waals surface area contributed by atoms with E-state index in [0.717, 1.165) is 17.8 Å². The Labute approximate surface area is 119 Å². The Kier molecular flexibility index (Phi) is 4.08. The van der Waals surface area contributed by atoms with Gasteiger partial charge in [-0.05, 0) is 73.0 Å². The first-order chi connectivity index (χ1) is 8.82. The molecule has 0 radical (unpaired) electrons. The second-order valence-electron chi connectivity index (χ2n) is 7.54. The van der Waals surface area contributed by atoms with Gasteiger partial charge in [0.2, 0.25) is 0 Å². The topological polar surface area (TPSA) is 0 Å². The first-order valence-corrected chi connectivity index (χ1v) is 7.88. The molecule has 1 aliphatic carbocycles. The van der Waals surface area contributed by atoms with E-state index in [9.17, 15) is 0 Å². The maximum absolute atomic E-state index is 2.51. The summed E-state index contributed by atoms with van der Waals surface area (Å²) in [6.07, 6.45) is 4.01. The van der Waals surface area contributed by atoms with Crippen LogP contribution < -0.4 is 0 Å². The maximum atomic E-state index is 2.51. The fraction of sp³-hybridized carbons (Fsp3) is 0.684. The molecule has 106 valence electrons. The van der Waals surface area contributed by atoms with Gasteiger partial charge in [-0.1, -0.05) is 45.9 Å². The zero-order chi connectivity index (χ0) is 14.2. The molecule has 0 spiro atoms. The SMILES string of the molecule is Cc1ccc(CC2(C)CC(C)C(C)CC2C)cc1C. The van der Waals surface area contributed by atoms with Crippen LogP contribution in [0.25, 0.3) is 0 Å². The highest BCUT2D eigenvalue weighted by molar-refractivity contribution is 5.30. The third-order valence-corrected chi connectivity index (χ3v) is 5.85. The molecule has 0 N–H and O–H groups in total. The molecule has 1 aromatic carbocycles. The smallest absolute Gasteiger partial charge is 0.0222 e. The van der Waals surface area contributed by atoms with E-state index in [1.807, 2.05) is 0 Å². The fourth-order valence-corrected chi connectivity index (χ4v) is 3.84. The van der Waals surface area contributed by atoms with Gasteiger partial charge in [0, 0.05) is 0 Å². The van der Waals surface area contributed by atoms with Gasteiger partial charge < -0.3 is 0 Å². The minimum atomic E-state index is 0.480. The first-order valence-electron chi connectivity index (χ1n) is 7.88. The monoisotopic (exact) mass is 258 g/mol. The van der Waals surface area contributed by atoms with Crippen molar-refractivity contribution in [3.05, 3.63) is 34.9 Å². The summed E-state index contributed by atoms with van der Waals surface area (Å²) >= 11 is 0. The highest BCUT2D eigenvalue weighted by Gasteiger charge is 2.39. The van der Waals surface area contributed by atoms with Crippen LogP contribution in [0.2, 0.25) is 0 Å². The molecule has 2 rings (SSSR count). The number of hydrogen-bond acceptors (Lipinski definition) is 0. The quantitative estimate of drug-likeness (QED) is 0.652. The van der Waals surface area contributed by atoms with Gasteiger partial charge >= 0.3 is 0 Å². The molecule has 19 heavy (non-hydrogen) atoms. The fourth-order valence-electron chi connectivity index (χ4n) is 3.84. The lowest BCUT2D eigenvalue weighted by Crippen LogP contribution is -2.38. The molecule has 0 heterocycles. The molecule has 0 aliphatic heterocycles. The summed E-state index contributed by atoms with van der Waals surface area (Å²) in [7, 11) is 0. The second-order valence-corrected chi connectivity index (χ2v) is 7.54. The lowest BCUT2D eigenvalue weighted by Gasteiger charge is -2.46. The van der Waals surface area contributed by atoms with Crippen molar-refractivity contribution in [3.8, 4) is 0 Å². The van der Waals surface area contributed by atoms with Crippen molar-refractivity contribution in [2.45, 2.75) is 60.8 Å². The molecule has 4 unspecified atom stereocenters. The Bertz CT molecular complexity index is 445. The van der Waals surface area contributed by atoms with Crippen molar-refractivity contribution < 1.29 is 0 Å². The average Bonchev–Trinajstić information content (AvgIpc) is 2.32. The van der Waals surface area contributed by atoms with E-state index in [1.165, 1.54) is 36.0 Å². The Morgan fingerprint density at radius 3 is 2.37 bits per heavy atom. The first kappa shape index (κ1) is 14.6. The molecular weight excluding hydrogens is 228 g/mol. The molecule has 0 heteroatoms. The summed E-state index contributed by atoms with van der Waals surface area (Å²) < 4.78 is 0. The van der Waals surface area contributed by atoms with E-state index < -0.39 is 0 Å². The van der Waals surface area contributed by atoms with E-state index in [2.05, 4.69) is 59.7 Å². The molecule has 0 saturated heterocycles. The van der Waals surface area contributed by atoms with Crippen molar-refractivity contribution in [1.82, 2.24) is 0 Å². The Morgan fingerprint density at radius 1 is 1.05 bits per heavy atom. The van der Waals surface area contributed by atoms with E-state index in [0.29, 0.717) is 5.41 Å². The Balaban J connectivity index is 2.18. The predicted octanol–water partition coefficient (Wildman–Crippen LogP) is 5.55. The van der Waals surface area contributed by atoms with Crippen LogP contribution in [0.5, 0.6) is 0 Å². The molecule has 0 nitrogen and oxygen atoms in total. The van der Waals surface area contributed by atoms with Gasteiger partial charge in [0.05, 0.1) is 0 Å². The number of benzene rings is 1. The van der Waals surface area contributed by atoms with Crippen LogP contribution in [0.1, 0.15) is 57.2 Å². The minimum absolute atomic E-state index is 0.480. The van der Waals surface area contributed by atoms with Gasteiger partial charge in [0.25, 0.3) is 0 Å². The zero-order valence-electron chi connectivity index (χ0n) is 13.6. The third-order valence-electron chi connectivity index (χ3n) is 5.85. The summed E-state index contributed by atoms with van der Waals surface area (Å²) in [6.45, 7) is 14.3. The van der Waals surface area contributed by atoms with Crippen LogP contribution in [-0.4, -0.2) is 0 Å². The maximum Gasteiger partial charge on any atom is -0.0222 e. The third kappa shape index (κ3) is 3.04. The van der Waals surface area contributed by atoms with E-state index in [1.54, 1.807) is 0 Å². The van der Waals surface area contributed by atoms with E-state index >= 15 is 0 Å². The van der Waals surface area contributed by atoms with Crippen LogP contribution in [0.3, 0.4) is 0 Å². The summed E-state index contributed by atoms with van der Waals surface area (Å²) in [5.74, 6) is 2.59.